The minimum atomic E-state index is -0.201. The Kier molecular flexibility index (Phi) is 8.95. The predicted molar refractivity (Wildman–Crippen MR) is 151 cm³/mol. The Morgan fingerprint density at radius 1 is 0.919 bits per heavy atom. The lowest BCUT2D eigenvalue weighted by atomic mass is 10.1. The van der Waals surface area contributed by atoms with Crippen molar-refractivity contribution in [1.82, 2.24) is 14.8 Å². The van der Waals surface area contributed by atoms with Gasteiger partial charge < -0.3 is 5.32 Å². The van der Waals surface area contributed by atoms with Crippen LogP contribution in [0.1, 0.15) is 15.9 Å². The number of anilines is 1. The van der Waals surface area contributed by atoms with Crippen LogP contribution in [-0.2, 0) is 11.3 Å². The number of aromatic nitrogens is 3. The Morgan fingerprint density at radius 2 is 1.57 bits per heavy atom. The highest BCUT2D eigenvalue weighted by molar-refractivity contribution is 7.99. The van der Waals surface area contributed by atoms with E-state index >= 15 is 0 Å². The number of rotatable bonds is 10. The van der Waals surface area contributed by atoms with E-state index in [9.17, 15) is 9.59 Å². The number of nitrogens with zero attached hydrogens (tertiary/aromatic N) is 3. The second-order valence-electron chi connectivity index (χ2n) is 7.88. The zero-order valence-electron chi connectivity index (χ0n) is 19.6. The summed E-state index contributed by atoms with van der Waals surface area (Å²) in [4.78, 5) is 25.0. The third-order valence-electron chi connectivity index (χ3n) is 5.21. The molecule has 186 valence electrons. The highest BCUT2D eigenvalue weighted by Crippen LogP contribution is 2.25. The van der Waals surface area contributed by atoms with Crippen LogP contribution in [0.4, 0.5) is 5.69 Å². The maximum Gasteiger partial charge on any atom is 0.234 e. The molecule has 1 heterocycles. The fraction of sp³-hybridized carbons (Fsp3) is 0.0714. The average molecular weight is 549 g/mol. The van der Waals surface area contributed by atoms with Gasteiger partial charge in [-0.05, 0) is 72.3 Å². The Hall–Kier alpha value is -3.65. The Morgan fingerprint density at radius 3 is 2.22 bits per heavy atom. The molecule has 3 aromatic carbocycles. The normalized spacial score (nSPS) is 11.0. The fourth-order valence-electron chi connectivity index (χ4n) is 3.39. The smallest absolute Gasteiger partial charge is 0.234 e. The molecule has 0 radical (unpaired) electrons. The molecule has 0 unspecified atom stereocenters. The lowest BCUT2D eigenvalue weighted by Gasteiger charge is -2.08. The summed E-state index contributed by atoms with van der Waals surface area (Å²) < 4.78 is 1.89. The minimum Gasteiger partial charge on any atom is -0.325 e. The highest BCUT2D eigenvalue weighted by Gasteiger charge is 2.15. The fourth-order valence-corrected chi connectivity index (χ4v) is 4.39. The van der Waals surface area contributed by atoms with Crippen molar-refractivity contribution in [3.8, 4) is 11.4 Å². The largest absolute Gasteiger partial charge is 0.325 e. The van der Waals surface area contributed by atoms with E-state index in [2.05, 4.69) is 22.1 Å². The molecule has 0 fully saturated rings. The molecule has 4 rings (SSSR count). The van der Waals surface area contributed by atoms with Gasteiger partial charge in [-0.2, -0.15) is 0 Å². The molecule has 0 atom stereocenters. The molecule has 0 saturated heterocycles. The van der Waals surface area contributed by atoms with E-state index in [1.807, 2.05) is 28.8 Å². The second-order valence-corrected chi connectivity index (χ2v) is 9.69. The van der Waals surface area contributed by atoms with Gasteiger partial charge in [-0.3, -0.25) is 14.2 Å². The van der Waals surface area contributed by atoms with Gasteiger partial charge in [0.1, 0.15) is 0 Å². The Bertz CT molecular complexity index is 1430. The van der Waals surface area contributed by atoms with Crippen molar-refractivity contribution in [3.05, 3.63) is 113 Å². The van der Waals surface area contributed by atoms with Gasteiger partial charge in [-0.25, -0.2) is 0 Å². The first-order valence-corrected chi connectivity index (χ1v) is 13.0. The monoisotopic (exact) mass is 548 g/mol. The number of thioether (sulfide) groups is 1. The van der Waals surface area contributed by atoms with Crippen molar-refractivity contribution < 1.29 is 9.59 Å². The number of nitrogens with one attached hydrogen (secondary N) is 1. The van der Waals surface area contributed by atoms with Crippen LogP contribution in [0.25, 0.3) is 17.5 Å². The summed E-state index contributed by atoms with van der Waals surface area (Å²) in [6.07, 6.45) is 4.99. The molecular weight excluding hydrogens is 527 g/mol. The molecule has 9 heteroatoms. The van der Waals surface area contributed by atoms with Gasteiger partial charge in [-0.1, -0.05) is 59.2 Å². The SMILES string of the molecule is C=CCn1c(SCC(=O)Nc2ccc(C(=O)/C=C/c3ccc(Cl)cc3)cc2)nnc1-c1ccc(Cl)cc1. The van der Waals surface area contributed by atoms with Crippen LogP contribution < -0.4 is 5.32 Å². The molecule has 0 aliphatic carbocycles. The lowest BCUT2D eigenvalue weighted by molar-refractivity contribution is -0.113. The molecule has 1 N–H and O–H groups in total. The van der Waals surface area contributed by atoms with E-state index in [1.54, 1.807) is 60.7 Å². The number of carbonyl (C=O) groups excluding carboxylic acids is 2. The molecule has 1 amide bonds. The zero-order valence-corrected chi connectivity index (χ0v) is 21.9. The minimum absolute atomic E-state index is 0.138. The molecule has 0 spiro atoms. The summed E-state index contributed by atoms with van der Waals surface area (Å²) in [5.41, 5.74) is 2.86. The summed E-state index contributed by atoms with van der Waals surface area (Å²) in [5, 5.41) is 13.3. The maximum atomic E-state index is 12.6. The molecule has 0 aliphatic heterocycles. The second kappa shape index (κ2) is 12.5. The van der Waals surface area contributed by atoms with Gasteiger partial charge in [0.25, 0.3) is 0 Å². The summed E-state index contributed by atoms with van der Waals surface area (Å²) in [6.45, 7) is 4.30. The molecule has 6 nitrogen and oxygen atoms in total. The van der Waals surface area contributed by atoms with Gasteiger partial charge in [0.15, 0.2) is 16.8 Å². The summed E-state index contributed by atoms with van der Waals surface area (Å²) in [6, 6.07) is 21.3. The molecule has 37 heavy (non-hydrogen) atoms. The first kappa shape index (κ1) is 26.4. The van der Waals surface area contributed by atoms with Crippen LogP contribution in [0.3, 0.4) is 0 Å². The summed E-state index contributed by atoms with van der Waals surface area (Å²) >= 11 is 13.2. The molecule has 0 saturated carbocycles. The standard InChI is InChI=1S/C28H22Cl2N4O2S/c1-2-17-34-27(21-6-12-23(30)13-7-21)32-33-28(34)37-18-26(36)31-24-14-8-20(9-15-24)25(35)16-5-19-3-10-22(29)11-4-19/h2-16H,1,17-18H2,(H,31,36)/b16-5+. The van der Waals surface area contributed by atoms with Crippen LogP contribution in [-0.4, -0.2) is 32.2 Å². The molecule has 0 aliphatic rings. The predicted octanol–water partition coefficient (Wildman–Crippen LogP) is 7.06. The molecule has 4 aromatic rings. The number of benzene rings is 3. The number of halogens is 2. The van der Waals surface area contributed by atoms with E-state index in [0.29, 0.717) is 38.8 Å². The zero-order chi connectivity index (χ0) is 26.2. The van der Waals surface area contributed by atoms with Crippen LogP contribution in [0.5, 0.6) is 0 Å². The molecule has 1 aromatic heterocycles. The summed E-state index contributed by atoms with van der Waals surface area (Å²) in [5.74, 6) is 0.472. The van der Waals surface area contributed by atoms with Gasteiger partial charge in [-0.15, -0.1) is 16.8 Å². The van der Waals surface area contributed by atoms with Crippen molar-refractivity contribution in [2.45, 2.75) is 11.7 Å². The van der Waals surface area contributed by atoms with E-state index < -0.39 is 0 Å². The third kappa shape index (κ3) is 7.20. The number of ketones is 1. The van der Waals surface area contributed by atoms with E-state index in [1.165, 1.54) is 17.8 Å². The van der Waals surface area contributed by atoms with Crippen molar-refractivity contribution in [2.24, 2.45) is 0 Å². The van der Waals surface area contributed by atoms with Crippen LogP contribution in [0.15, 0.2) is 96.7 Å². The number of amides is 1. The number of carbonyl (C=O) groups is 2. The Balaban J connectivity index is 1.34. The van der Waals surface area contributed by atoms with Gasteiger partial charge in [0.2, 0.25) is 5.91 Å². The number of hydrogen-bond acceptors (Lipinski definition) is 5. The lowest BCUT2D eigenvalue weighted by Crippen LogP contribution is -2.14. The van der Waals surface area contributed by atoms with Gasteiger partial charge in [0.05, 0.1) is 5.75 Å². The Labute approximate surface area is 229 Å². The highest BCUT2D eigenvalue weighted by atomic mass is 35.5. The quantitative estimate of drug-likeness (QED) is 0.0992. The van der Waals surface area contributed by atoms with E-state index in [4.69, 9.17) is 23.2 Å². The van der Waals surface area contributed by atoms with Gasteiger partial charge in [0, 0.05) is 33.4 Å². The number of allylic oxidation sites excluding steroid dienone is 2. The van der Waals surface area contributed by atoms with E-state index in [-0.39, 0.29) is 17.4 Å². The van der Waals surface area contributed by atoms with Crippen LogP contribution >= 0.6 is 35.0 Å². The topological polar surface area (TPSA) is 76.9 Å². The van der Waals surface area contributed by atoms with Crippen molar-refractivity contribution in [1.29, 1.82) is 0 Å². The first-order chi connectivity index (χ1) is 17.9. The number of hydrogen-bond donors (Lipinski definition) is 1. The maximum absolute atomic E-state index is 12.6. The van der Waals surface area contributed by atoms with Crippen molar-refractivity contribution in [2.75, 3.05) is 11.1 Å². The van der Waals surface area contributed by atoms with Crippen LogP contribution in [0.2, 0.25) is 10.0 Å². The van der Waals surface area contributed by atoms with Crippen molar-refractivity contribution in [3.63, 3.8) is 0 Å². The third-order valence-corrected chi connectivity index (χ3v) is 6.68. The van der Waals surface area contributed by atoms with Crippen molar-refractivity contribution >= 4 is 58.4 Å². The summed E-state index contributed by atoms with van der Waals surface area (Å²) in [7, 11) is 0. The molecular formula is C28H22Cl2N4O2S. The first-order valence-electron chi connectivity index (χ1n) is 11.2. The van der Waals surface area contributed by atoms with Crippen LogP contribution in [0, 0.1) is 0 Å². The van der Waals surface area contributed by atoms with Gasteiger partial charge >= 0.3 is 0 Å². The molecule has 0 bridgehead atoms. The average Bonchev–Trinajstić information content (AvgIpc) is 3.30. The van der Waals surface area contributed by atoms with E-state index in [0.717, 1.165) is 11.1 Å².